The minimum Gasteiger partial charge on any atom is -0.333 e. The van der Waals surface area contributed by atoms with Gasteiger partial charge in [-0.3, -0.25) is 4.79 Å². The number of fused-ring (bicyclic) bond motifs is 1. The highest BCUT2D eigenvalue weighted by molar-refractivity contribution is 6.01. The van der Waals surface area contributed by atoms with E-state index in [9.17, 15) is 9.59 Å². The molecule has 0 saturated heterocycles. The molecule has 2 N–H and O–H groups in total. The van der Waals surface area contributed by atoms with Gasteiger partial charge in [0.25, 0.3) is 0 Å². The third-order valence-electron chi connectivity index (χ3n) is 2.90. The molecule has 0 saturated carbocycles. The van der Waals surface area contributed by atoms with Crippen molar-refractivity contribution in [1.82, 2.24) is 5.32 Å². The first kappa shape index (κ1) is 13.4. The van der Waals surface area contributed by atoms with Crippen LogP contribution in [0.3, 0.4) is 0 Å². The Hall–Kier alpha value is -2.04. The number of nitrogens with one attached hydrogen (secondary N) is 2. The maximum Gasteiger partial charge on any atom is 0.319 e. The van der Waals surface area contributed by atoms with Crippen molar-refractivity contribution < 1.29 is 9.59 Å². The SMILES string of the molecule is CN1C(=O)Cc2cc(NC(=O)NC(C)(C)C)ccc21. The van der Waals surface area contributed by atoms with Crippen molar-refractivity contribution >= 4 is 23.3 Å². The van der Waals surface area contributed by atoms with Crippen LogP contribution >= 0.6 is 0 Å². The fraction of sp³-hybridized carbons (Fsp3) is 0.429. The normalized spacial score (nSPS) is 14.3. The molecule has 1 aliphatic heterocycles. The van der Waals surface area contributed by atoms with Gasteiger partial charge in [0.2, 0.25) is 5.91 Å². The molecule has 1 aromatic rings. The van der Waals surface area contributed by atoms with Gasteiger partial charge in [-0.05, 0) is 44.5 Å². The highest BCUT2D eigenvalue weighted by Gasteiger charge is 2.24. The summed E-state index contributed by atoms with van der Waals surface area (Å²) < 4.78 is 0. The Morgan fingerprint density at radius 2 is 2.00 bits per heavy atom. The zero-order valence-electron chi connectivity index (χ0n) is 11.7. The Morgan fingerprint density at radius 1 is 1.32 bits per heavy atom. The number of likely N-dealkylation sites (N-methyl/N-ethyl adjacent to an activating group) is 1. The molecule has 0 unspecified atom stereocenters. The van der Waals surface area contributed by atoms with Gasteiger partial charge in [-0.1, -0.05) is 0 Å². The number of hydrogen-bond acceptors (Lipinski definition) is 2. The van der Waals surface area contributed by atoms with Crippen LogP contribution in [0.15, 0.2) is 18.2 Å². The molecule has 0 aromatic heterocycles. The van der Waals surface area contributed by atoms with E-state index in [4.69, 9.17) is 0 Å². The molecular formula is C14H19N3O2. The zero-order chi connectivity index (χ0) is 14.2. The quantitative estimate of drug-likeness (QED) is 0.813. The van der Waals surface area contributed by atoms with Crippen molar-refractivity contribution in [2.24, 2.45) is 0 Å². The molecule has 1 heterocycles. The molecule has 3 amide bonds. The monoisotopic (exact) mass is 261 g/mol. The first-order valence-electron chi connectivity index (χ1n) is 6.25. The second-order valence-electron chi connectivity index (χ2n) is 5.80. The zero-order valence-corrected chi connectivity index (χ0v) is 11.7. The number of benzene rings is 1. The number of hydrogen-bond donors (Lipinski definition) is 2. The molecule has 0 spiro atoms. The number of carbonyl (C=O) groups is 2. The smallest absolute Gasteiger partial charge is 0.319 e. The molecule has 102 valence electrons. The van der Waals surface area contributed by atoms with E-state index in [0.717, 1.165) is 11.3 Å². The second-order valence-corrected chi connectivity index (χ2v) is 5.80. The highest BCUT2D eigenvalue weighted by Crippen LogP contribution is 2.29. The van der Waals surface area contributed by atoms with Gasteiger partial charge in [-0.15, -0.1) is 0 Å². The number of nitrogens with zero attached hydrogens (tertiary/aromatic N) is 1. The Morgan fingerprint density at radius 3 is 2.63 bits per heavy atom. The maximum atomic E-state index is 11.8. The van der Waals surface area contributed by atoms with Gasteiger partial charge in [-0.2, -0.15) is 0 Å². The summed E-state index contributed by atoms with van der Waals surface area (Å²) in [5.74, 6) is 0.0753. The van der Waals surface area contributed by atoms with Crippen molar-refractivity contribution in [2.75, 3.05) is 17.3 Å². The lowest BCUT2D eigenvalue weighted by molar-refractivity contribution is -0.117. The first-order valence-corrected chi connectivity index (χ1v) is 6.25. The standard InChI is InChI=1S/C14H19N3O2/c1-14(2,3)16-13(19)15-10-5-6-11-9(7-10)8-12(18)17(11)4/h5-7H,8H2,1-4H3,(H2,15,16,19). The van der Waals surface area contributed by atoms with Crippen molar-refractivity contribution in [1.29, 1.82) is 0 Å². The van der Waals surface area contributed by atoms with Gasteiger partial charge in [0.1, 0.15) is 0 Å². The minimum atomic E-state index is -0.281. The van der Waals surface area contributed by atoms with E-state index in [1.807, 2.05) is 32.9 Å². The van der Waals surface area contributed by atoms with E-state index < -0.39 is 0 Å². The number of urea groups is 1. The van der Waals surface area contributed by atoms with Crippen molar-refractivity contribution in [3.05, 3.63) is 23.8 Å². The average Bonchev–Trinajstić information content (AvgIpc) is 2.51. The van der Waals surface area contributed by atoms with Gasteiger partial charge in [0, 0.05) is 24.0 Å². The van der Waals surface area contributed by atoms with Crippen LogP contribution in [-0.2, 0) is 11.2 Å². The number of anilines is 2. The molecule has 0 atom stereocenters. The summed E-state index contributed by atoms with van der Waals surface area (Å²) in [7, 11) is 1.76. The molecule has 0 aliphatic carbocycles. The molecule has 19 heavy (non-hydrogen) atoms. The van der Waals surface area contributed by atoms with Gasteiger partial charge in [0.15, 0.2) is 0 Å². The van der Waals surface area contributed by atoms with Crippen molar-refractivity contribution in [3.8, 4) is 0 Å². The summed E-state index contributed by atoms with van der Waals surface area (Å²) >= 11 is 0. The fourth-order valence-electron chi connectivity index (χ4n) is 2.05. The van der Waals surface area contributed by atoms with Crippen LogP contribution in [-0.4, -0.2) is 24.5 Å². The average molecular weight is 261 g/mol. The van der Waals surface area contributed by atoms with Crippen LogP contribution < -0.4 is 15.5 Å². The molecule has 1 aromatic carbocycles. The fourth-order valence-corrected chi connectivity index (χ4v) is 2.05. The largest absolute Gasteiger partial charge is 0.333 e. The van der Waals surface area contributed by atoms with Crippen LogP contribution in [0.5, 0.6) is 0 Å². The van der Waals surface area contributed by atoms with Gasteiger partial charge >= 0.3 is 6.03 Å². The Kier molecular flexibility index (Phi) is 3.22. The number of carbonyl (C=O) groups excluding carboxylic acids is 2. The molecule has 0 fully saturated rings. The summed E-state index contributed by atoms with van der Waals surface area (Å²) in [6, 6.07) is 5.26. The third-order valence-corrected chi connectivity index (χ3v) is 2.90. The number of rotatable bonds is 1. The molecular weight excluding hydrogens is 242 g/mol. The summed E-state index contributed by atoms with van der Waals surface area (Å²) in [5.41, 5.74) is 2.27. The Balaban J connectivity index is 2.10. The predicted octanol–water partition coefficient (Wildman–Crippen LogP) is 2.13. The highest BCUT2D eigenvalue weighted by atomic mass is 16.2. The van der Waals surface area contributed by atoms with Crippen LogP contribution in [0, 0.1) is 0 Å². The Bertz CT molecular complexity index is 532. The topological polar surface area (TPSA) is 61.4 Å². The Labute approximate surface area is 113 Å². The van der Waals surface area contributed by atoms with Gasteiger partial charge in [-0.25, -0.2) is 4.79 Å². The summed E-state index contributed by atoms with van der Waals surface area (Å²) in [6.45, 7) is 5.76. The van der Waals surface area contributed by atoms with Gasteiger partial charge < -0.3 is 15.5 Å². The molecule has 2 rings (SSSR count). The first-order chi connectivity index (χ1) is 8.76. The van der Waals surface area contributed by atoms with Crippen LogP contribution in [0.2, 0.25) is 0 Å². The van der Waals surface area contributed by atoms with E-state index in [1.165, 1.54) is 0 Å². The molecule has 5 heteroatoms. The summed E-state index contributed by atoms with van der Waals surface area (Å²) in [6.07, 6.45) is 0.391. The van der Waals surface area contributed by atoms with Crippen molar-refractivity contribution in [3.63, 3.8) is 0 Å². The lowest BCUT2D eigenvalue weighted by Gasteiger charge is -2.21. The molecule has 1 aliphatic rings. The van der Waals surface area contributed by atoms with Crippen LogP contribution in [0.1, 0.15) is 26.3 Å². The summed E-state index contributed by atoms with van der Waals surface area (Å²) in [4.78, 5) is 25.0. The van der Waals surface area contributed by atoms with Crippen molar-refractivity contribution in [2.45, 2.75) is 32.7 Å². The lowest BCUT2D eigenvalue weighted by Crippen LogP contribution is -2.43. The second kappa shape index (κ2) is 4.57. The lowest BCUT2D eigenvalue weighted by atomic mass is 10.1. The summed E-state index contributed by atoms with van der Waals surface area (Å²) in [5, 5.41) is 5.60. The van der Waals surface area contributed by atoms with Gasteiger partial charge in [0.05, 0.1) is 6.42 Å². The minimum absolute atomic E-state index is 0.0753. The van der Waals surface area contributed by atoms with Crippen LogP contribution in [0.4, 0.5) is 16.2 Å². The predicted molar refractivity (Wildman–Crippen MR) is 75.5 cm³/mol. The van der Waals surface area contributed by atoms with E-state index in [1.54, 1.807) is 18.0 Å². The van der Waals surface area contributed by atoms with E-state index in [-0.39, 0.29) is 17.5 Å². The number of amides is 3. The van der Waals surface area contributed by atoms with E-state index >= 15 is 0 Å². The molecule has 0 radical (unpaired) electrons. The van der Waals surface area contributed by atoms with E-state index in [2.05, 4.69) is 10.6 Å². The molecule has 5 nitrogen and oxygen atoms in total. The van der Waals surface area contributed by atoms with Crippen LogP contribution in [0.25, 0.3) is 0 Å². The maximum absolute atomic E-state index is 11.8. The molecule has 0 bridgehead atoms. The third kappa shape index (κ3) is 3.05. The van der Waals surface area contributed by atoms with E-state index in [0.29, 0.717) is 12.1 Å².